The van der Waals surface area contributed by atoms with Crippen LogP contribution in [0, 0.1) is 11.8 Å². The van der Waals surface area contributed by atoms with Crippen LogP contribution >= 0.6 is 46.4 Å². The summed E-state index contributed by atoms with van der Waals surface area (Å²) < 4.78 is 11.2. The minimum Gasteiger partial charge on any atom is -0.463 e. The molecule has 0 aromatic carbocycles. The van der Waals surface area contributed by atoms with Crippen molar-refractivity contribution in [1.29, 1.82) is 0 Å². The molecule has 12 heteroatoms. The average Bonchev–Trinajstić information content (AvgIpc) is 2.57. The van der Waals surface area contributed by atoms with E-state index in [1.807, 2.05) is 0 Å². The lowest BCUT2D eigenvalue weighted by atomic mass is 9.83. The predicted molar refractivity (Wildman–Crippen MR) is 96.1 cm³/mol. The highest BCUT2D eigenvalue weighted by Gasteiger charge is 2.23. The molecule has 0 spiro atoms. The number of nitrogens with zero attached hydrogens (tertiary/aromatic N) is 6. The maximum atomic E-state index is 5.72. The number of hydrogen-bond donors (Lipinski definition) is 0. The first-order valence-corrected chi connectivity index (χ1v) is 9.39. The van der Waals surface area contributed by atoms with Gasteiger partial charge in [-0.15, -0.1) is 0 Å². The van der Waals surface area contributed by atoms with Crippen LogP contribution in [-0.2, 0) is 0 Å². The molecule has 1 saturated carbocycles. The van der Waals surface area contributed by atoms with Gasteiger partial charge < -0.3 is 9.47 Å². The lowest BCUT2D eigenvalue weighted by molar-refractivity contribution is 0.139. The number of halogens is 4. The van der Waals surface area contributed by atoms with Gasteiger partial charge in [0.2, 0.25) is 21.1 Å². The van der Waals surface area contributed by atoms with Gasteiger partial charge in [0.25, 0.3) is 0 Å². The first-order valence-electron chi connectivity index (χ1n) is 7.87. The Bertz CT molecular complexity index is 656. The molecule has 0 amide bonds. The van der Waals surface area contributed by atoms with Crippen LogP contribution < -0.4 is 9.47 Å². The summed E-state index contributed by atoms with van der Waals surface area (Å²) in [7, 11) is 0. The summed E-state index contributed by atoms with van der Waals surface area (Å²) >= 11 is 22.9. The van der Waals surface area contributed by atoms with Crippen molar-refractivity contribution in [2.75, 3.05) is 13.2 Å². The molecule has 2 heterocycles. The van der Waals surface area contributed by atoms with E-state index in [-0.39, 0.29) is 33.2 Å². The quantitative estimate of drug-likeness (QED) is 0.667. The smallest absolute Gasteiger partial charge is 0.322 e. The number of hydrogen-bond acceptors (Lipinski definition) is 8. The highest BCUT2D eigenvalue weighted by Crippen LogP contribution is 2.29. The monoisotopic (exact) mass is 438 g/mol. The molecule has 1 aliphatic rings. The van der Waals surface area contributed by atoms with Gasteiger partial charge in [-0.25, -0.2) is 0 Å². The second kappa shape index (κ2) is 9.12. The topological polar surface area (TPSA) is 95.8 Å². The Labute approximate surface area is 169 Å². The fourth-order valence-corrected chi connectivity index (χ4v) is 3.39. The van der Waals surface area contributed by atoms with Crippen molar-refractivity contribution in [3.05, 3.63) is 21.1 Å². The summed E-state index contributed by atoms with van der Waals surface area (Å²) in [5.41, 5.74) is 0. The summed E-state index contributed by atoms with van der Waals surface area (Å²) in [5, 5.41) is 0.0533. The zero-order chi connectivity index (χ0) is 18.5. The Morgan fingerprint density at radius 1 is 0.577 bits per heavy atom. The SMILES string of the molecule is Clc1nc(Cl)nc(OCC2CCC(COc3nc(Cl)nc(Cl)n3)CC2)n1. The fourth-order valence-electron chi connectivity index (χ4n) is 2.70. The van der Waals surface area contributed by atoms with Crippen molar-refractivity contribution >= 4 is 46.4 Å². The minimum absolute atomic E-state index is 0.0133. The van der Waals surface area contributed by atoms with Crippen LogP contribution in [0.5, 0.6) is 12.0 Å². The van der Waals surface area contributed by atoms with E-state index in [4.69, 9.17) is 55.9 Å². The summed E-state index contributed by atoms with van der Waals surface area (Å²) in [4.78, 5) is 22.9. The van der Waals surface area contributed by atoms with Crippen LogP contribution in [0.4, 0.5) is 0 Å². The molecule has 2 aromatic rings. The van der Waals surface area contributed by atoms with Gasteiger partial charge in [-0.3, -0.25) is 0 Å². The van der Waals surface area contributed by atoms with Crippen LogP contribution in [0.2, 0.25) is 21.1 Å². The highest BCUT2D eigenvalue weighted by molar-refractivity contribution is 6.31. The van der Waals surface area contributed by atoms with Crippen LogP contribution in [0.3, 0.4) is 0 Å². The Hall–Kier alpha value is -1.22. The molecule has 0 atom stereocenters. The lowest BCUT2D eigenvalue weighted by Crippen LogP contribution is -2.24. The van der Waals surface area contributed by atoms with Crippen molar-refractivity contribution < 1.29 is 9.47 Å². The summed E-state index contributed by atoms with van der Waals surface area (Å²) in [6.07, 6.45) is 4.00. The molecule has 1 aliphatic carbocycles. The van der Waals surface area contributed by atoms with E-state index in [1.165, 1.54) is 0 Å². The molecule has 0 saturated heterocycles. The van der Waals surface area contributed by atoms with Gasteiger partial charge >= 0.3 is 12.0 Å². The molecule has 0 N–H and O–H groups in total. The molecule has 1 fully saturated rings. The van der Waals surface area contributed by atoms with Crippen molar-refractivity contribution in [3.8, 4) is 12.0 Å². The van der Waals surface area contributed by atoms with E-state index in [0.29, 0.717) is 25.0 Å². The van der Waals surface area contributed by atoms with Gasteiger partial charge in [0.1, 0.15) is 0 Å². The van der Waals surface area contributed by atoms with E-state index in [2.05, 4.69) is 29.9 Å². The second-order valence-corrected chi connectivity index (χ2v) is 7.17. The Morgan fingerprint density at radius 2 is 0.885 bits per heavy atom. The van der Waals surface area contributed by atoms with Crippen LogP contribution in [0.15, 0.2) is 0 Å². The van der Waals surface area contributed by atoms with Gasteiger partial charge in [0.15, 0.2) is 0 Å². The first kappa shape index (κ1) is 19.5. The van der Waals surface area contributed by atoms with E-state index in [0.717, 1.165) is 25.7 Å². The van der Waals surface area contributed by atoms with E-state index < -0.39 is 0 Å². The van der Waals surface area contributed by atoms with Crippen molar-refractivity contribution in [2.24, 2.45) is 11.8 Å². The Morgan fingerprint density at radius 3 is 1.19 bits per heavy atom. The normalized spacial score (nSPS) is 20.0. The van der Waals surface area contributed by atoms with E-state index in [9.17, 15) is 0 Å². The van der Waals surface area contributed by atoms with Crippen LogP contribution in [-0.4, -0.2) is 43.1 Å². The third kappa shape index (κ3) is 5.90. The maximum Gasteiger partial charge on any atom is 0.322 e. The molecule has 0 bridgehead atoms. The molecular formula is C14H14Cl4N6O2. The summed E-state index contributed by atoms with van der Waals surface area (Å²) in [5.74, 6) is 0.809. The second-order valence-electron chi connectivity index (χ2n) is 5.82. The fraction of sp³-hybridized carbons (Fsp3) is 0.571. The van der Waals surface area contributed by atoms with Gasteiger partial charge in [-0.2, -0.15) is 29.9 Å². The van der Waals surface area contributed by atoms with Gasteiger partial charge in [-0.05, 0) is 83.9 Å². The average molecular weight is 440 g/mol. The highest BCUT2D eigenvalue weighted by atomic mass is 35.5. The lowest BCUT2D eigenvalue weighted by Gasteiger charge is -2.27. The molecule has 8 nitrogen and oxygen atoms in total. The zero-order valence-electron chi connectivity index (χ0n) is 13.4. The molecule has 140 valence electrons. The molecule has 0 radical (unpaired) electrons. The first-order chi connectivity index (χ1) is 12.5. The maximum absolute atomic E-state index is 5.72. The van der Waals surface area contributed by atoms with E-state index >= 15 is 0 Å². The van der Waals surface area contributed by atoms with Crippen molar-refractivity contribution in [2.45, 2.75) is 25.7 Å². The van der Waals surface area contributed by atoms with Crippen LogP contribution in [0.1, 0.15) is 25.7 Å². The Balaban J connectivity index is 1.41. The number of rotatable bonds is 6. The van der Waals surface area contributed by atoms with Crippen molar-refractivity contribution in [3.63, 3.8) is 0 Å². The molecule has 26 heavy (non-hydrogen) atoms. The zero-order valence-corrected chi connectivity index (χ0v) is 16.4. The summed E-state index contributed by atoms with van der Waals surface area (Å²) in [6, 6.07) is 0.285. The van der Waals surface area contributed by atoms with Gasteiger partial charge in [0, 0.05) is 0 Å². The molecule has 3 rings (SSSR count). The van der Waals surface area contributed by atoms with Gasteiger partial charge in [-0.1, -0.05) is 0 Å². The van der Waals surface area contributed by atoms with E-state index in [1.54, 1.807) is 0 Å². The number of aromatic nitrogens is 6. The molecule has 0 aliphatic heterocycles. The molecule has 2 aromatic heterocycles. The standard InChI is InChI=1S/C14H14Cl4N6O2/c15-9-19-10(16)22-13(21-9)25-5-7-1-2-8(4-3-7)6-26-14-23-11(17)20-12(18)24-14/h7-8H,1-6H2. The largest absolute Gasteiger partial charge is 0.463 e. The molecular weight excluding hydrogens is 426 g/mol. The predicted octanol–water partition coefficient (Wildman–Crippen LogP) is 3.93. The third-order valence-electron chi connectivity index (χ3n) is 3.98. The minimum atomic E-state index is 0.0133. The Kier molecular flexibility index (Phi) is 6.86. The molecule has 0 unspecified atom stereocenters. The third-order valence-corrected chi connectivity index (χ3v) is 4.66. The number of ether oxygens (including phenoxy) is 2. The van der Waals surface area contributed by atoms with Crippen LogP contribution in [0.25, 0.3) is 0 Å². The van der Waals surface area contributed by atoms with Crippen molar-refractivity contribution in [1.82, 2.24) is 29.9 Å². The van der Waals surface area contributed by atoms with Gasteiger partial charge in [0.05, 0.1) is 13.2 Å². The summed E-state index contributed by atoms with van der Waals surface area (Å²) in [6.45, 7) is 1.01.